The molecule has 0 aliphatic heterocycles. The van der Waals surface area contributed by atoms with Crippen LogP contribution in [0.25, 0.3) is 0 Å². The third kappa shape index (κ3) is 3.98. The number of hydrogen-bond donors (Lipinski definition) is 1. The molecule has 0 bridgehead atoms. The molecule has 3 nitrogen and oxygen atoms in total. The second-order valence-corrected chi connectivity index (χ2v) is 2.73. The van der Waals surface area contributed by atoms with Gasteiger partial charge < -0.3 is 15.2 Å². The molecular weight excluding hydrogens is 197 g/mol. The van der Waals surface area contributed by atoms with Crippen molar-refractivity contribution < 1.29 is 13.9 Å². The summed E-state index contributed by atoms with van der Waals surface area (Å²) < 4.78 is 22.9. The van der Waals surface area contributed by atoms with E-state index in [0.29, 0.717) is 11.3 Å². The Kier molecular flexibility index (Phi) is 4.61. The van der Waals surface area contributed by atoms with Crippen molar-refractivity contribution in [1.82, 2.24) is 0 Å². The van der Waals surface area contributed by atoms with Gasteiger partial charge in [0.25, 0.3) is 0 Å². The molecule has 0 saturated carbocycles. The summed E-state index contributed by atoms with van der Waals surface area (Å²) in [6, 6.07) is 4.22. The monoisotopic (exact) mass is 209 g/mol. The van der Waals surface area contributed by atoms with Crippen LogP contribution in [0.2, 0.25) is 0 Å². The van der Waals surface area contributed by atoms with Crippen molar-refractivity contribution in [3.63, 3.8) is 0 Å². The van der Waals surface area contributed by atoms with Crippen LogP contribution in [0, 0.1) is 17.7 Å². The molecule has 0 spiro atoms. The van der Waals surface area contributed by atoms with Gasteiger partial charge in [0.05, 0.1) is 6.54 Å². The highest BCUT2D eigenvalue weighted by Gasteiger charge is 1.99. The van der Waals surface area contributed by atoms with Gasteiger partial charge in [-0.3, -0.25) is 0 Å². The number of methoxy groups -OCH3 is 1. The molecule has 0 aromatic heterocycles. The predicted octanol–water partition coefficient (Wildman–Crippen LogP) is 1.12. The van der Waals surface area contributed by atoms with Crippen LogP contribution in [0.5, 0.6) is 5.75 Å². The number of rotatable bonds is 3. The summed E-state index contributed by atoms with van der Waals surface area (Å²) in [4.78, 5) is 0. The highest BCUT2D eigenvalue weighted by atomic mass is 19.1. The molecule has 80 valence electrons. The summed E-state index contributed by atoms with van der Waals surface area (Å²) in [5, 5.41) is 0. The Labute approximate surface area is 88.0 Å². The lowest BCUT2D eigenvalue weighted by atomic mass is 10.2. The molecule has 4 heteroatoms. The first-order valence-electron chi connectivity index (χ1n) is 4.37. The maximum Gasteiger partial charge on any atom is 0.188 e. The Balaban J connectivity index is 2.84. The second kappa shape index (κ2) is 6.02. The van der Waals surface area contributed by atoms with E-state index in [9.17, 15) is 4.39 Å². The van der Waals surface area contributed by atoms with Gasteiger partial charge in [-0.2, -0.15) is 0 Å². The standard InChI is InChI=1S/C11H12FNO2/c1-14-8-15-11-6-9(3-2-4-13)5-10(12)7-11/h5-7H,4,8,13H2,1H3. The Bertz CT molecular complexity index is 382. The van der Waals surface area contributed by atoms with Crippen LogP contribution in [0.3, 0.4) is 0 Å². The molecule has 0 heterocycles. The molecule has 1 aromatic carbocycles. The lowest BCUT2D eigenvalue weighted by molar-refractivity contribution is 0.0509. The van der Waals surface area contributed by atoms with E-state index < -0.39 is 5.82 Å². The predicted molar refractivity (Wildman–Crippen MR) is 54.8 cm³/mol. The lowest BCUT2D eigenvalue weighted by Crippen LogP contribution is -1.99. The fourth-order valence-electron chi connectivity index (χ4n) is 0.998. The number of halogens is 1. The van der Waals surface area contributed by atoms with Crippen molar-refractivity contribution in [3.8, 4) is 17.6 Å². The average Bonchev–Trinajstić information content (AvgIpc) is 2.23. The number of ether oxygens (including phenoxy) is 2. The van der Waals surface area contributed by atoms with Gasteiger partial charge in [-0.25, -0.2) is 4.39 Å². The zero-order valence-corrected chi connectivity index (χ0v) is 8.42. The molecule has 0 saturated heterocycles. The minimum atomic E-state index is -0.398. The average molecular weight is 209 g/mol. The number of nitrogens with two attached hydrogens (primary N) is 1. The van der Waals surface area contributed by atoms with E-state index in [4.69, 9.17) is 15.2 Å². The van der Waals surface area contributed by atoms with Gasteiger partial charge in [-0.05, 0) is 12.1 Å². The molecule has 0 radical (unpaired) electrons. The van der Waals surface area contributed by atoms with Gasteiger partial charge in [-0.1, -0.05) is 11.8 Å². The molecule has 0 fully saturated rings. The molecule has 2 N–H and O–H groups in total. The summed E-state index contributed by atoms with van der Waals surface area (Å²) in [6.07, 6.45) is 0. The largest absolute Gasteiger partial charge is 0.467 e. The summed E-state index contributed by atoms with van der Waals surface area (Å²) in [5.41, 5.74) is 5.75. The van der Waals surface area contributed by atoms with Crippen molar-refractivity contribution in [2.45, 2.75) is 0 Å². The minimum Gasteiger partial charge on any atom is -0.467 e. The molecule has 0 atom stereocenters. The zero-order chi connectivity index (χ0) is 11.1. The van der Waals surface area contributed by atoms with Gasteiger partial charge in [0.15, 0.2) is 6.79 Å². The highest BCUT2D eigenvalue weighted by molar-refractivity contribution is 5.40. The quantitative estimate of drug-likeness (QED) is 0.599. The van der Waals surface area contributed by atoms with E-state index >= 15 is 0 Å². The van der Waals surface area contributed by atoms with Gasteiger partial charge in [0, 0.05) is 18.7 Å². The Morgan fingerprint density at radius 3 is 2.87 bits per heavy atom. The molecule has 0 amide bonds. The fourth-order valence-corrected chi connectivity index (χ4v) is 0.998. The summed E-state index contributed by atoms with van der Waals surface area (Å²) >= 11 is 0. The lowest BCUT2D eigenvalue weighted by Gasteiger charge is -2.04. The van der Waals surface area contributed by atoms with E-state index in [-0.39, 0.29) is 13.3 Å². The van der Waals surface area contributed by atoms with Crippen LogP contribution in [0.15, 0.2) is 18.2 Å². The van der Waals surface area contributed by atoms with E-state index in [1.54, 1.807) is 6.07 Å². The molecule has 0 unspecified atom stereocenters. The summed E-state index contributed by atoms with van der Waals surface area (Å²) in [7, 11) is 1.49. The maximum absolute atomic E-state index is 13.1. The van der Waals surface area contributed by atoms with Gasteiger partial charge in [0.2, 0.25) is 0 Å². The van der Waals surface area contributed by atoms with Crippen molar-refractivity contribution in [1.29, 1.82) is 0 Å². The fraction of sp³-hybridized carbons (Fsp3) is 0.273. The van der Waals surface area contributed by atoms with E-state index in [0.717, 1.165) is 0 Å². The van der Waals surface area contributed by atoms with Crippen LogP contribution >= 0.6 is 0 Å². The molecule has 1 rings (SSSR count). The van der Waals surface area contributed by atoms with Crippen LogP contribution in [0.4, 0.5) is 4.39 Å². The topological polar surface area (TPSA) is 44.5 Å². The Morgan fingerprint density at radius 1 is 1.40 bits per heavy atom. The molecule has 0 aliphatic rings. The smallest absolute Gasteiger partial charge is 0.188 e. The molecular formula is C11H12FNO2. The van der Waals surface area contributed by atoms with Gasteiger partial charge in [0.1, 0.15) is 11.6 Å². The third-order valence-corrected chi connectivity index (χ3v) is 1.55. The second-order valence-electron chi connectivity index (χ2n) is 2.73. The number of benzene rings is 1. The van der Waals surface area contributed by atoms with Crippen LogP contribution in [0.1, 0.15) is 5.56 Å². The molecule has 1 aromatic rings. The van der Waals surface area contributed by atoms with E-state index in [2.05, 4.69) is 11.8 Å². The first-order chi connectivity index (χ1) is 7.26. The first-order valence-corrected chi connectivity index (χ1v) is 4.37. The zero-order valence-electron chi connectivity index (χ0n) is 8.42. The van der Waals surface area contributed by atoms with Crippen molar-refractivity contribution in [2.75, 3.05) is 20.4 Å². The van der Waals surface area contributed by atoms with E-state index in [1.807, 2.05) is 0 Å². The number of hydrogen-bond acceptors (Lipinski definition) is 3. The van der Waals surface area contributed by atoms with Crippen molar-refractivity contribution in [3.05, 3.63) is 29.6 Å². The van der Waals surface area contributed by atoms with Gasteiger partial charge in [-0.15, -0.1) is 0 Å². The Hall–Kier alpha value is -1.57. The van der Waals surface area contributed by atoms with Gasteiger partial charge >= 0.3 is 0 Å². The van der Waals surface area contributed by atoms with Crippen LogP contribution in [-0.4, -0.2) is 20.4 Å². The normalized spacial score (nSPS) is 9.27. The minimum absolute atomic E-state index is 0.0766. The van der Waals surface area contributed by atoms with Crippen molar-refractivity contribution >= 4 is 0 Å². The first kappa shape index (κ1) is 11.5. The maximum atomic E-state index is 13.1. The van der Waals surface area contributed by atoms with Crippen LogP contribution in [-0.2, 0) is 4.74 Å². The Morgan fingerprint density at radius 2 is 2.20 bits per heavy atom. The van der Waals surface area contributed by atoms with Crippen LogP contribution < -0.4 is 10.5 Å². The van der Waals surface area contributed by atoms with Crippen molar-refractivity contribution in [2.24, 2.45) is 5.73 Å². The summed E-state index contributed by atoms with van der Waals surface area (Å²) in [5.74, 6) is 5.35. The third-order valence-electron chi connectivity index (χ3n) is 1.55. The SMILES string of the molecule is COCOc1cc(F)cc(C#CCN)c1. The molecule has 0 aliphatic carbocycles. The summed E-state index contributed by atoms with van der Waals surface area (Å²) in [6.45, 7) is 0.317. The highest BCUT2D eigenvalue weighted by Crippen LogP contribution is 2.15. The van der Waals surface area contributed by atoms with E-state index in [1.165, 1.54) is 19.2 Å². The molecule has 15 heavy (non-hydrogen) atoms.